The Balaban J connectivity index is 1.14. The smallest absolute Gasteiger partial charge is 0.309 e. The summed E-state index contributed by atoms with van der Waals surface area (Å²) in [6, 6.07) is 44.8. The average Bonchev–Trinajstić information content (AvgIpc) is 2.73. The van der Waals surface area contributed by atoms with Gasteiger partial charge in [0.15, 0.2) is 0 Å². The lowest BCUT2D eigenvalue weighted by molar-refractivity contribution is -0.143. The second-order valence-electron chi connectivity index (χ2n) is 21.2. The molecular formula is C68H42F12N4. The van der Waals surface area contributed by atoms with E-state index in [1.165, 1.54) is 25.1 Å². The van der Waals surface area contributed by atoms with Crippen LogP contribution in [-0.4, -0.2) is 14.1 Å². The number of aryl methyl sites for hydroxylation is 4. The summed E-state index contributed by atoms with van der Waals surface area (Å²) in [5.41, 5.74) is 4.79. The fourth-order valence-electron chi connectivity index (χ4n) is 11.6. The number of nitriles is 1. The van der Waals surface area contributed by atoms with Crippen LogP contribution in [0.3, 0.4) is 0 Å². The third-order valence-corrected chi connectivity index (χ3v) is 15.2. The van der Waals surface area contributed by atoms with Crippen molar-refractivity contribution in [2.24, 2.45) is 0 Å². The maximum atomic E-state index is 14.3. The SMILES string of the molecule is Cc1cc(C)cc(-c2ccc3c(c2)c2cc(-c4cc(C)cc(C(F)(F)F)c4)ccc2n3-c2cc(C#N)c(-n3c4ccc(-c5cc(C)cc(C(F)(F)F)c5)cc4c4cc(-c5cc(C(F)(F)F)cc(C(F)(F)F)c5)ccc43)cc2-c2ccncc2)c1. The molecule has 0 unspecified atom stereocenters. The lowest BCUT2D eigenvalue weighted by atomic mass is 9.96. The number of alkyl halides is 12. The average molecular weight is 1140 g/mol. The zero-order chi connectivity index (χ0) is 59.5. The molecular weight excluding hydrogens is 1100 g/mol. The van der Waals surface area contributed by atoms with E-state index in [1.54, 1.807) is 84.5 Å². The van der Waals surface area contributed by atoms with Crippen LogP contribution in [-0.2, 0) is 24.7 Å². The Morgan fingerprint density at radius 2 is 0.643 bits per heavy atom. The normalized spacial score (nSPS) is 12.5. The quantitative estimate of drug-likeness (QED) is 0.149. The van der Waals surface area contributed by atoms with Crippen molar-refractivity contribution in [1.29, 1.82) is 5.26 Å². The van der Waals surface area contributed by atoms with E-state index in [1.807, 2.05) is 48.7 Å². The van der Waals surface area contributed by atoms with Crippen molar-refractivity contribution in [1.82, 2.24) is 14.1 Å². The number of aromatic nitrogens is 3. The first-order chi connectivity index (χ1) is 39.7. The topological polar surface area (TPSA) is 46.5 Å². The Morgan fingerprint density at radius 3 is 1.00 bits per heavy atom. The van der Waals surface area contributed by atoms with Crippen LogP contribution in [0, 0.1) is 39.0 Å². The van der Waals surface area contributed by atoms with Gasteiger partial charge >= 0.3 is 24.7 Å². The summed E-state index contributed by atoms with van der Waals surface area (Å²) >= 11 is 0. The lowest BCUT2D eigenvalue weighted by Crippen LogP contribution is -2.11. The van der Waals surface area contributed by atoms with Crippen LogP contribution in [0.1, 0.15) is 50.1 Å². The van der Waals surface area contributed by atoms with Gasteiger partial charge in [-0.15, -0.1) is 0 Å². The summed E-state index contributed by atoms with van der Waals surface area (Å²) < 4.78 is 175. The van der Waals surface area contributed by atoms with Gasteiger partial charge < -0.3 is 9.13 Å². The third-order valence-electron chi connectivity index (χ3n) is 15.2. The van der Waals surface area contributed by atoms with Crippen molar-refractivity contribution in [3.8, 4) is 73.1 Å². The number of pyridine rings is 1. The maximum Gasteiger partial charge on any atom is 0.416 e. The minimum atomic E-state index is -5.16. The Bertz CT molecular complexity index is 4670. The van der Waals surface area contributed by atoms with Gasteiger partial charge in [0.1, 0.15) is 6.07 Å². The van der Waals surface area contributed by atoms with Gasteiger partial charge in [-0.05, 0) is 204 Å². The number of fused-ring (bicyclic) bond motifs is 6. The van der Waals surface area contributed by atoms with E-state index in [9.17, 15) is 57.9 Å². The fourth-order valence-corrected chi connectivity index (χ4v) is 11.6. The van der Waals surface area contributed by atoms with Crippen molar-refractivity contribution in [2.45, 2.75) is 52.4 Å². The third kappa shape index (κ3) is 9.96. The molecule has 0 saturated heterocycles. The molecule has 0 spiro atoms. The monoisotopic (exact) mass is 1140 g/mol. The summed E-state index contributed by atoms with van der Waals surface area (Å²) in [6.45, 7) is 7.10. The molecule has 0 fully saturated rings. The van der Waals surface area contributed by atoms with Crippen molar-refractivity contribution in [3.63, 3.8) is 0 Å². The predicted octanol–water partition coefficient (Wildman–Crippen LogP) is 20.8. The van der Waals surface area contributed by atoms with Gasteiger partial charge in [0.25, 0.3) is 0 Å². The summed E-state index contributed by atoms with van der Waals surface area (Å²) in [4.78, 5) is 4.27. The van der Waals surface area contributed by atoms with Gasteiger partial charge in [-0.2, -0.15) is 57.9 Å². The minimum Gasteiger partial charge on any atom is -0.309 e. The van der Waals surface area contributed by atoms with Crippen LogP contribution in [0.5, 0.6) is 0 Å². The molecule has 3 aromatic heterocycles. The molecule has 418 valence electrons. The highest BCUT2D eigenvalue weighted by atomic mass is 19.4. The van der Waals surface area contributed by atoms with Gasteiger partial charge in [0, 0.05) is 39.5 Å². The lowest BCUT2D eigenvalue weighted by Gasteiger charge is -2.19. The largest absolute Gasteiger partial charge is 0.416 e. The molecule has 0 bridgehead atoms. The van der Waals surface area contributed by atoms with Gasteiger partial charge in [0.05, 0.1) is 61.3 Å². The zero-order valence-electron chi connectivity index (χ0n) is 44.6. The van der Waals surface area contributed by atoms with Crippen molar-refractivity contribution in [3.05, 3.63) is 232 Å². The van der Waals surface area contributed by atoms with Crippen LogP contribution >= 0.6 is 0 Å². The number of benzene rings is 9. The summed E-state index contributed by atoms with van der Waals surface area (Å²) in [6.07, 6.45) is -16.5. The molecule has 0 saturated carbocycles. The number of nitrogens with zero attached hydrogens (tertiary/aromatic N) is 4. The Labute approximate surface area is 471 Å². The summed E-state index contributed by atoms with van der Waals surface area (Å²) in [5, 5.41) is 13.4. The van der Waals surface area contributed by atoms with Gasteiger partial charge in [-0.1, -0.05) is 65.7 Å². The van der Waals surface area contributed by atoms with Crippen LogP contribution in [0.15, 0.2) is 182 Å². The van der Waals surface area contributed by atoms with Gasteiger partial charge in [-0.25, -0.2) is 0 Å². The molecule has 12 rings (SSSR count). The molecule has 0 atom stereocenters. The highest BCUT2D eigenvalue weighted by Gasteiger charge is 2.38. The van der Waals surface area contributed by atoms with Crippen molar-refractivity contribution in [2.75, 3.05) is 0 Å². The first-order valence-corrected chi connectivity index (χ1v) is 26.1. The predicted molar refractivity (Wildman–Crippen MR) is 304 cm³/mol. The number of hydrogen-bond acceptors (Lipinski definition) is 2. The highest BCUT2D eigenvalue weighted by molar-refractivity contribution is 6.14. The number of halogens is 12. The second-order valence-corrected chi connectivity index (χ2v) is 21.2. The Morgan fingerprint density at radius 1 is 0.321 bits per heavy atom. The van der Waals surface area contributed by atoms with Gasteiger partial charge in [0.2, 0.25) is 0 Å². The molecule has 9 aromatic carbocycles. The second kappa shape index (κ2) is 19.8. The zero-order valence-corrected chi connectivity index (χ0v) is 44.6. The summed E-state index contributed by atoms with van der Waals surface area (Å²) in [7, 11) is 0. The molecule has 84 heavy (non-hydrogen) atoms. The molecule has 0 radical (unpaired) electrons. The minimum absolute atomic E-state index is 0.0340. The van der Waals surface area contributed by atoms with Crippen LogP contribution in [0.25, 0.3) is 111 Å². The van der Waals surface area contributed by atoms with E-state index in [0.29, 0.717) is 89.6 Å². The molecule has 4 nitrogen and oxygen atoms in total. The first-order valence-electron chi connectivity index (χ1n) is 26.1. The van der Waals surface area contributed by atoms with E-state index in [4.69, 9.17) is 0 Å². The standard InChI is InChI=1S/C68H42F12N4/c1-36-17-37(2)19-45(18-36)41-5-11-61-57(28-41)58-30-43(47-21-39(4)23-51(25-47)66(72,73)74)7-12-62(58)84(61)64-32-49(35-81)63(34-54(64)40-13-15-82-16-14-40)83-59-9-6-42(46-20-38(3)22-50(24-46)65(69,70)71)29-55(59)56-31-44(8-10-60(56)83)48-26-52(67(75,76)77)33-53(27-48)68(78,79)80/h5-34H,1-4H3. The fraction of sp³-hybridized carbons (Fsp3) is 0.118. The van der Waals surface area contributed by atoms with Crippen LogP contribution in [0.4, 0.5) is 52.7 Å². The Hall–Kier alpha value is -9.62. The van der Waals surface area contributed by atoms with E-state index in [-0.39, 0.29) is 33.8 Å². The Kier molecular flexibility index (Phi) is 12.9. The first kappa shape index (κ1) is 54.9. The molecule has 0 aliphatic carbocycles. The number of hydrogen-bond donors (Lipinski definition) is 0. The van der Waals surface area contributed by atoms with E-state index >= 15 is 0 Å². The maximum absolute atomic E-state index is 14.3. The van der Waals surface area contributed by atoms with Gasteiger partial charge in [-0.3, -0.25) is 4.98 Å². The molecule has 0 aliphatic rings. The number of rotatable bonds is 7. The summed E-state index contributed by atoms with van der Waals surface area (Å²) in [5.74, 6) is 0. The van der Waals surface area contributed by atoms with Crippen LogP contribution < -0.4 is 0 Å². The van der Waals surface area contributed by atoms with Crippen molar-refractivity contribution >= 4 is 43.6 Å². The molecule has 12 aromatic rings. The highest BCUT2D eigenvalue weighted by Crippen LogP contribution is 2.46. The molecule has 0 amide bonds. The molecule has 0 aliphatic heterocycles. The molecule has 0 N–H and O–H groups in total. The van der Waals surface area contributed by atoms with Crippen molar-refractivity contribution < 1.29 is 52.7 Å². The van der Waals surface area contributed by atoms with Crippen LogP contribution in [0.2, 0.25) is 0 Å². The molecule has 3 heterocycles. The van der Waals surface area contributed by atoms with E-state index in [2.05, 4.69) is 29.3 Å². The molecule has 16 heteroatoms. The van der Waals surface area contributed by atoms with E-state index < -0.39 is 52.5 Å². The van der Waals surface area contributed by atoms with E-state index in [0.717, 1.165) is 51.9 Å².